The highest BCUT2D eigenvalue weighted by Crippen LogP contribution is 2.17. The first-order valence-electron chi connectivity index (χ1n) is 5.89. The van der Waals surface area contributed by atoms with Gasteiger partial charge in [0.1, 0.15) is 0 Å². The monoisotopic (exact) mass is 250 g/mol. The van der Waals surface area contributed by atoms with E-state index in [2.05, 4.69) is 0 Å². The van der Waals surface area contributed by atoms with Crippen molar-refractivity contribution in [3.63, 3.8) is 0 Å². The van der Waals surface area contributed by atoms with Crippen LogP contribution in [0, 0.1) is 0 Å². The van der Waals surface area contributed by atoms with Gasteiger partial charge in [-0.15, -0.1) is 0 Å². The number of nitrogens with two attached hydrogens (primary N) is 1. The summed E-state index contributed by atoms with van der Waals surface area (Å²) in [6.45, 7) is 4.11. The van der Waals surface area contributed by atoms with Crippen LogP contribution in [0.4, 0.5) is 0 Å². The van der Waals surface area contributed by atoms with E-state index < -0.39 is 10.0 Å². The molecule has 1 saturated heterocycles. The first-order chi connectivity index (χ1) is 7.60. The highest BCUT2D eigenvalue weighted by Gasteiger charge is 2.28. The van der Waals surface area contributed by atoms with E-state index in [0.717, 1.165) is 12.8 Å². The van der Waals surface area contributed by atoms with Crippen molar-refractivity contribution in [2.24, 2.45) is 5.73 Å². The predicted molar refractivity (Wildman–Crippen MR) is 63.7 cm³/mol. The van der Waals surface area contributed by atoms with E-state index in [-0.39, 0.29) is 11.9 Å². The zero-order valence-electron chi connectivity index (χ0n) is 9.89. The Morgan fingerprint density at radius 3 is 2.88 bits per heavy atom. The SMILES string of the molecule is CCOC1CCCN(S(=O)(=O)CCCN)C1. The second kappa shape index (κ2) is 6.54. The molecule has 1 heterocycles. The fraction of sp³-hybridized carbons (Fsp3) is 1.00. The molecule has 5 nitrogen and oxygen atoms in total. The molecule has 0 radical (unpaired) electrons. The van der Waals surface area contributed by atoms with Gasteiger partial charge in [-0.25, -0.2) is 8.42 Å². The van der Waals surface area contributed by atoms with E-state index in [9.17, 15) is 8.42 Å². The largest absolute Gasteiger partial charge is 0.377 e. The third kappa shape index (κ3) is 4.01. The molecule has 0 spiro atoms. The first-order valence-corrected chi connectivity index (χ1v) is 7.50. The third-order valence-electron chi connectivity index (χ3n) is 2.74. The van der Waals surface area contributed by atoms with Crippen LogP contribution in [0.1, 0.15) is 26.2 Å². The van der Waals surface area contributed by atoms with Crippen LogP contribution in [-0.2, 0) is 14.8 Å². The second-order valence-corrected chi connectivity index (χ2v) is 6.12. The smallest absolute Gasteiger partial charge is 0.214 e. The van der Waals surface area contributed by atoms with Crippen molar-refractivity contribution < 1.29 is 13.2 Å². The van der Waals surface area contributed by atoms with Crippen molar-refractivity contribution in [3.05, 3.63) is 0 Å². The summed E-state index contributed by atoms with van der Waals surface area (Å²) in [4.78, 5) is 0. The maximum Gasteiger partial charge on any atom is 0.214 e. The van der Waals surface area contributed by atoms with Gasteiger partial charge in [-0.3, -0.25) is 0 Å². The quantitative estimate of drug-likeness (QED) is 0.729. The van der Waals surface area contributed by atoms with Crippen molar-refractivity contribution in [2.75, 3.05) is 32.0 Å². The molecule has 1 aliphatic heterocycles. The van der Waals surface area contributed by atoms with Crippen molar-refractivity contribution in [1.29, 1.82) is 0 Å². The van der Waals surface area contributed by atoms with Gasteiger partial charge in [0, 0.05) is 19.7 Å². The molecule has 1 rings (SSSR count). The number of nitrogens with zero attached hydrogens (tertiary/aromatic N) is 1. The summed E-state index contributed by atoms with van der Waals surface area (Å²) in [5.41, 5.74) is 5.33. The molecule has 0 aliphatic carbocycles. The molecule has 96 valence electrons. The number of rotatable bonds is 6. The maximum absolute atomic E-state index is 11.9. The Morgan fingerprint density at radius 1 is 1.50 bits per heavy atom. The van der Waals surface area contributed by atoms with E-state index in [1.165, 1.54) is 0 Å². The Hall–Kier alpha value is -0.170. The van der Waals surface area contributed by atoms with Crippen LogP contribution in [0.15, 0.2) is 0 Å². The minimum absolute atomic E-state index is 0.0615. The maximum atomic E-state index is 11.9. The number of piperidine rings is 1. The van der Waals surface area contributed by atoms with E-state index >= 15 is 0 Å². The molecule has 0 amide bonds. The molecule has 1 aliphatic rings. The lowest BCUT2D eigenvalue weighted by Gasteiger charge is -2.31. The van der Waals surface area contributed by atoms with Crippen LogP contribution < -0.4 is 5.73 Å². The second-order valence-electron chi connectivity index (χ2n) is 4.04. The molecular formula is C10H22N2O3S. The molecule has 0 aromatic carbocycles. The molecule has 0 aromatic rings. The van der Waals surface area contributed by atoms with Crippen molar-refractivity contribution in [1.82, 2.24) is 4.31 Å². The lowest BCUT2D eigenvalue weighted by molar-refractivity contribution is 0.0265. The topological polar surface area (TPSA) is 72.6 Å². The minimum Gasteiger partial charge on any atom is -0.377 e. The van der Waals surface area contributed by atoms with Gasteiger partial charge in [0.25, 0.3) is 0 Å². The van der Waals surface area contributed by atoms with Gasteiger partial charge in [0.2, 0.25) is 10.0 Å². The highest BCUT2D eigenvalue weighted by molar-refractivity contribution is 7.89. The molecular weight excluding hydrogens is 228 g/mol. The van der Waals surface area contributed by atoms with Crippen LogP contribution in [-0.4, -0.2) is 50.8 Å². The summed E-state index contributed by atoms with van der Waals surface area (Å²) >= 11 is 0. The fourth-order valence-corrected chi connectivity index (χ4v) is 3.51. The molecule has 1 atom stereocenters. The minimum atomic E-state index is -3.12. The summed E-state index contributed by atoms with van der Waals surface area (Å²) in [6.07, 6.45) is 2.42. The van der Waals surface area contributed by atoms with Gasteiger partial charge in [-0.1, -0.05) is 0 Å². The van der Waals surface area contributed by atoms with Gasteiger partial charge in [-0.05, 0) is 32.7 Å². The predicted octanol–water partition coefficient (Wildman–Crippen LogP) is 0.166. The Balaban J connectivity index is 2.52. The highest BCUT2D eigenvalue weighted by atomic mass is 32.2. The molecule has 0 bridgehead atoms. The Labute approximate surface area is 98.0 Å². The lowest BCUT2D eigenvalue weighted by atomic mass is 10.1. The van der Waals surface area contributed by atoms with Crippen molar-refractivity contribution in [2.45, 2.75) is 32.3 Å². The summed E-state index contributed by atoms with van der Waals surface area (Å²) < 4.78 is 30.8. The number of sulfonamides is 1. The zero-order chi connectivity index (χ0) is 12.0. The Kier molecular flexibility index (Phi) is 5.68. The van der Waals surface area contributed by atoms with Crippen molar-refractivity contribution in [3.8, 4) is 0 Å². The van der Waals surface area contributed by atoms with Gasteiger partial charge < -0.3 is 10.5 Å². The van der Waals surface area contributed by atoms with E-state index in [0.29, 0.717) is 32.7 Å². The van der Waals surface area contributed by atoms with Crippen LogP contribution in [0.25, 0.3) is 0 Å². The summed E-state index contributed by atoms with van der Waals surface area (Å²) in [5, 5.41) is 0. The summed E-state index contributed by atoms with van der Waals surface area (Å²) in [5.74, 6) is 0.155. The average molecular weight is 250 g/mol. The van der Waals surface area contributed by atoms with Crippen LogP contribution in [0.5, 0.6) is 0 Å². The molecule has 2 N–H and O–H groups in total. The first kappa shape index (κ1) is 13.9. The Morgan fingerprint density at radius 2 is 2.25 bits per heavy atom. The van der Waals surface area contributed by atoms with Gasteiger partial charge in [0.05, 0.1) is 11.9 Å². The fourth-order valence-electron chi connectivity index (χ4n) is 1.92. The Bertz CT molecular complexity index is 290. The van der Waals surface area contributed by atoms with Gasteiger partial charge in [0.15, 0.2) is 0 Å². The van der Waals surface area contributed by atoms with E-state index in [1.54, 1.807) is 4.31 Å². The molecule has 6 heteroatoms. The molecule has 16 heavy (non-hydrogen) atoms. The third-order valence-corrected chi connectivity index (χ3v) is 4.67. The van der Waals surface area contributed by atoms with E-state index in [1.807, 2.05) is 6.92 Å². The lowest BCUT2D eigenvalue weighted by Crippen LogP contribution is -2.44. The normalized spacial score (nSPS) is 23.5. The van der Waals surface area contributed by atoms with E-state index in [4.69, 9.17) is 10.5 Å². The standard InChI is InChI=1S/C10H22N2O3S/c1-2-15-10-5-3-7-12(9-10)16(13,14)8-4-6-11/h10H,2-9,11H2,1H3. The van der Waals surface area contributed by atoms with Crippen LogP contribution >= 0.6 is 0 Å². The summed E-state index contributed by atoms with van der Waals surface area (Å²) in [7, 11) is -3.12. The molecule has 1 fully saturated rings. The summed E-state index contributed by atoms with van der Waals surface area (Å²) in [6, 6.07) is 0. The molecule has 0 aromatic heterocycles. The molecule has 1 unspecified atom stereocenters. The van der Waals surface area contributed by atoms with Gasteiger partial charge >= 0.3 is 0 Å². The average Bonchev–Trinajstić information content (AvgIpc) is 2.27. The van der Waals surface area contributed by atoms with Crippen LogP contribution in [0.3, 0.4) is 0 Å². The zero-order valence-corrected chi connectivity index (χ0v) is 10.7. The molecule has 0 saturated carbocycles. The number of ether oxygens (including phenoxy) is 1. The van der Waals surface area contributed by atoms with Gasteiger partial charge in [-0.2, -0.15) is 4.31 Å². The number of hydrogen-bond acceptors (Lipinski definition) is 4. The number of hydrogen-bond donors (Lipinski definition) is 1. The van der Waals surface area contributed by atoms with Crippen LogP contribution in [0.2, 0.25) is 0 Å². The van der Waals surface area contributed by atoms with Crippen molar-refractivity contribution >= 4 is 10.0 Å².